The molecule has 0 heterocycles. The first-order valence-corrected chi connectivity index (χ1v) is 11.6. The van der Waals surface area contributed by atoms with Crippen molar-refractivity contribution < 1.29 is 0 Å². The lowest BCUT2D eigenvalue weighted by atomic mass is 10.2. The summed E-state index contributed by atoms with van der Waals surface area (Å²) in [5.74, 6) is 0. The maximum absolute atomic E-state index is 2.12. The zero-order valence-corrected chi connectivity index (χ0v) is 21.3. The molecule has 0 N–H and O–H groups in total. The van der Waals surface area contributed by atoms with Crippen molar-refractivity contribution in [2.75, 3.05) is 0 Å². The third-order valence-electron chi connectivity index (χ3n) is 3.49. The molecule has 4 rings (SSSR count). The molecule has 4 aromatic carbocycles. The van der Waals surface area contributed by atoms with Crippen molar-refractivity contribution in [3.8, 4) is 0 Å². The van der Waals surface area contributed by atoms with E-state index in [-0.39, 0.29) is 0 Å². The molecule has 0 aromatic heterocycles. The lowest BCUT2D eigenvalue weighted by Crippen LogP contribution is -1.62. The van der Waals surface area contributed by atoms with Crippen LogP contribution in [-0.4, -0.2) is 0 Å². The molecule has 0 saturated heterocycles. The van der Waals surface area contributed by atoms with Gasteiger partial charge in [-0.05, 0) is 20.8 Å². The van der Waals surface area contributed by atoms with Gasteiger partial charge in [-0.15, -0.1) is 0 Å². The van der Waals surface area contributed by atoms with Gasteiger partial charge in [0.15, 0.2) is 0 Å². The Labute approximate surface area is 199 Å². The van der Waals surface area contributed by atoms with Crippen LogP contribution in [-0.2, 0) is 0 Å². The van der Waals surface area contributed by atoms with Gasteiger partial charge in [0.2, 0.25) is 0 Å². The van der Waals surface area contributed by atoms with Gasteiger partial charge < -0.3 is 0 Å². The SMILES string of the molecule is CC.CCC.Cc1ccccc1.Cc1ccccc1.Cc1ccccc1.c1ccccc1. The average Bonchev–Trinajstić information content (AvgIpc) is 2.85. The van der Waals surface area contributed by atoms with Gasteiger partial charge in [0.25, 0.3) is 0 Å². The summed E-state index contributed by atoms with van der Waals surface area (Å²) in [4.78, 5) is 0. The van der Waals surface area contributed by atoms with Gasteiger partial charge in [-0.3, -0.25) is 0 Å². The summed E-state index contributed by atoms with van der Waals surface area (Å²) < 4.78 is 0. The summed E-state index contributed by atoms with van der Waals surface area (Å²) in [6, 6.07) is 42.8. The van der Waals surface area contributed by atoms with Gasteiger partial charge in [-0.2, -0.15) is 0 Å². The summed E-state index contributed by atoms with van der Waals surface area (Å²) in [5.41, 5.74) is 3.97. The molecule has 4 aromatic rings. The summed E-state index contributed by atoms with van der Waals surface area (Å²) >= 11 is 0. The van der Waals surface area contributed by atoms with Crippen LogP contribution < -0.4 is 0 Å². The van der Waals surface area contributed by atoms with E-state index in [2.05, 4.69) is 71.0 Å². The molecule has 0 fully saturated rings. The fourth-order valence-electron chi connectivity index (χ4n) is 1.99. The first kappa shape index (κ1) is 31.1. The smallest absolute Gasteiger partial charge is 0.0398 e. The Hall–Kier alpha value is -3.12. The first-order valence-electron chi connectivity index (χ1n) is 11.6. The Balaban J connectivity index is 0. The molecule has 0 heteroatoms. The van der Waals surface area contributed by atoms with Gasteiger partial charge in [0, 0.05) is 0 Å². The molecule has 0 unspecified atom stereocenters. The molecule has 0 saturated carbocycles. The third-order valence-corrected chi connectivity index (χ3v) is 3.49. The Morgan fingerprint density at radius 2 is 0.469 bits per heavy atom. The van der Waals surface area contributed by atoms with Crippen molar-refractivity contribution in [3.63, 3.8) is 0 Å². The van der Waals surface area contributed by atoms with Gasteiger partial charge in [0.1, 0.15) is 0 Å². The fraction of sp³-hybridized carbons (Fsp3) is 0.250. The molecule has 0 nitrogen and oxygen atoms in total. The molecule has 172 valence electrons. The van der Waals surface area contributed by atoms with Gasteiger partial charge in [-0.25, -0.2) is 0 Å². The molecule has 0 atom stereocenters. The second-order valence-corrected chi connectivity index (χ2v) is 6.83. The number of hydrogen-bond donors (Lipinski definition) is 0. The van der Waals surface area contributed by atoms with Crippen LogP contribution in [0.25, 0.3) is 0 Å². The number of hydrogen-bond acceptors (Lipinski definition) is 0. The second kappa shape index (κ2) is 25.9. The first-order chi connectivity index (χ1) is 15.6. The van der Waals surface area contributed by atoms with Crippen molar-refractivity contribution in [2.45, 2.75) is 54.9 Å². The molecule has 0 bridgehead atoms. The van der Waals surface area contributed by atoms with E-state index in [1.165, 1.54) is 23.1 Å². The Kier molecular flexibility index (Phi) is 25.2. The molecular weight excluding hydrogens is 384 g/mol. The molecule has 0 radical (unpaired) electrons. The Bertz CT molecular complexity index is 675. The van der Waals surface area contributed by atoms with Crippen LogP contribution in [0.1, 0.15) is 50.8 Å². The van der Waals surface area contributed by atoms with Gasteiger partial charge in [0.05, 0.1) is 0 Å². The van der Waals surface area contributed by atoms with E-state index in [0.717, 1.165) is 0 Å². The van der Waals surface area contributed by atoms with Crippen molar-refractivity contribution in [2.24, 2.45) is 0 Å². The highest BCUT2D eigenvalue weighted by Crippen LogP contribution is 1.93. The summed E-state index contributed by atoms with van der Waals surface area (Å²) in [5, 5.41) is 0. The van der Waals surface area contributed by atoms with Crippen LogP contribution in [0.5, 0.6) is 0 Å². The van der Waals surface area contributed by atoms with Crippen molar-refractivity contribution >= 4 is 0 Å². The maximum Gasteiger partial charge on any atom is -0.0398 e. The van der Waals surface area contributed by atoms with Crippen LogP contribution in [0.2, 0.25) is 0 Å². The van der Waals surface area contributed by atoms with Gasteiger partial charge >= 0.3 is 0 Å². The minimum absolute atomic E-state index is 1.25. The van der Waals surface area contributed by atoms with E-state index in [9.17, 15) is 0 Å². The van der Waals surface area contributed by atoms with Gasteiger partial charge in [-0.1, -0.05) is 178 Å². The second-order valence-electron chi connectivity index (χ2n) is 6.83. The largest absolute Gasteiger partial charge is 0.0683 e. The lowest BCUT2D eigenvalue weighted by molar-refractivity contribution is 1.09. The highest BCUT2D eigenvalue weighted by atomic mass is 13.8. The minimum Gasteiger partial charge on any atom is -0.0683 e. The molecule has 0 amide bonds. The summed E-state index contributed by atoms with van der Waals surface area (Å²) in [6.45, 7) is 14.5. The van der Waals surface area contributed by atoms with Crippen LogP contribution in [0, 0.1) is 20.8 Å². The lowest BCUT2D eigenvalue weighted by Gasteiger charge is -1.82. The van der Waals surface area contributed by atoms with Crippen LogP contribution in [0.15, 0.2) is 127 Å². The molecule has 0 spiro atoms. The van der Waals surface area contributed by atoms with Crippen LogP contribution in [0.3, 0.4) is 0 Å². The quantitative estimate of drug-likeness (QED) is 0.261. The van der Waals surface area contributed by atoms with E-state index in [1.807, 2.05) is 105 Å². The number of aryl methyl sites for hydroxylation is 3. The van der Waals surface area contributed by atoms with E-state index in [4.69, 9.17) is 0 Å². The third kappa shape index (κ3) is 24.9. The highest BCUT2D eigenvalue weighted by molar-refractivity contribution is 5.13. The molecule has 0 aliphatic carbocycles. The zero-order chi connectivity index (χ0) is 24.3. The van der Waals surface area contributed by atoms with E-state index >= 15 is 0 Å². The van der Waals surface area contributed by atoms with Crippen molar-refractivity contribution in [3.05, 3.63) is 144 Å². The van der Waals surface area contributed by atoms with E-state index in [1.54, 1.807) is 0 Å². The fourth-order valence-corrected chi connectivity index (χ4v) is 1.99. The monoisotopic (exact) mass is 428 g/mol. The molecule has 0 aliphatic rings. The normalized spacial score (nSPS) is 7.97. The van der Waals surface area contributed by atoms with Crippen molar-refractivity contribution in [1.82, 2.24) is 0 Å². The average molecular weight is 429 g/mol. The highest BCUT2D eigenvalue weighted by Gasteiger charge is 1.73. The Morgan fingerprint density at radius 1 is 0.344 bits per heavy atom. The van der Waals surface area contributed by atoms with Crippen LogP contribution in [0.4, 0.5) is 0 Å². The van der Waals surface area contributed by atoms with Crippen LogP contribution >= 0.6 is 0 Å². The summed E-state index contributed by atoms with van der Waals surface area (Å²) in [7, 11) is 0. The van der Waals surface area contributed by atoms with E-state index in [0.29, 0.717) is 0 Å². The predicted octanol–water partition coefficient (Wildman–Crippen LogP) is 10.1. The molecule has 0 aliphatic heterocycles. The van der Waals surface area contributed by atoms with E-state index < -0.39 is 0 Å². The molecular formula is C32H44. The van der Waals surface area contributed by atoms with Crippen molar-refractivity contribution in [1.29, 1.82) is 0 Å². The molecule has 32 heavy (non-hydrogen) atoms. The number of benzene rings is 4. The topological polar surface area (TPSA) is 0 Å². The zero-order valence-electron chi connectivity index (χ0n) is 21.3. The minimum atomic E-state index is 1.25. The maximum atomic E-state index is 2.12. The predicted molar refractivity (Wildman–Crippen MR) is 147 cm³/mol. The Morgan fingerprint density at radius 3 is 0.562 bits per heavy atom. The number of rotatable bonds is 0. The standard InChI is InChI=1S/3C7H8.C6H6.C3H8.C2H6/c3*1-7-5-3-2-4-6-7;1-2-4-6-5-3-1;1-3-2;1-2/h3*2-6H,1H3;1-6H;3H2,1-2H3;1-2H3. The summed E-state index contributed by atoms with van der Waals surface area (Å²) in [6.07, 6.45) is 1.25.